The molecular weight excluding hydrogens is 452 g/mol. The number of H-pyrrole nitrogens is 1. The number of fused-ring (bicyclic) bond motifs is 1. The highest BCUT2D eigenvalue weighted by Crippen LogP contribution is 2.27. The normalized spacial score (nSPS) is 11.9. The van der Waals surface area contributed by atoms with Gasteiger partial charge in [-0.15, -0.1) is 0 Å². The second-order valence-electron chi connectivity index (χ2n) is 8.64. The maximum Gasteiger partial charge on any atom is 0.268 e. The molecule has 0 bridgehead atoms. The molecule has 1 atom stereocenters. The second kappa shape index (κ2) is 10.00. The molecule has 5 aromatic rings. The smallest absolute Gasteiger partial charge is 0.268 e. The molecule has 0 aliphatic rings. The minimum atomic E-state index is -0.352. The van der Waals surface area contributed by atoms with Crippen molar-refractivity contribution < 1.29 is 14.3 Å². The average Bonchev–Trinajstić information content (AvgIpc) is 3.52. The van der Waals surface area contributed by atoms with Crippen LogP contribution in [0.4, 0.5) is 0 Å². The van der Waals surface area contributed by atoms with E-state index in [9.17, 15) is 4.79 Å². The number of methoxy groups -OCH3 is 2. The summed E-state index contributed by atoms with van der Waals surface area (Å²) in [5.74, 6) is 2.17. The van der Waals surface area contributed by atoms with E-state index < -0.39 is 0 Å². The number of imidazole rings is 1. The largest absolute Gasteiger partial charge is 0.497 e. The van der Waals surface area contributed by atoms with Crippen LogP contribution in [0, 0.1) is 0 Å². The molecule has 1 amide bonds. The number of rotatable bonds is 8. The van der Waals surface area contributed by atoms with Crippen molar-refractivity contribution in [2.24, 2.45) is 7.05 Å². The zero-order valence-electron chi connectivity index (χ0n) is 20.5. The standard InChI is InChI=1S/C29H28N4O3/c1-33-27(20-10-14-23(36-3)15-11-20)18-30-28(33)25(16-19-8-12-22(35-2)13-9-19)32-29(34)26-17-21-6-4-5-7-24(21)31-26/h4-15,17-18,25,31H,16H2,1-3H3,(H,32,34). The van der Waals surface area contributed by atoms with Crippen molar-refractivity contribution in [2.75, 3.05) is 14.2 Å². The Morgan fingerprint density at radius 3 is 2.31 bits per heavy atom. The Hall–Kier alpha value is -4.52. The van der Waals surface area contributed by atoms with Gasteiger partial charge in [-0.05, 0) is 60.5 Å². The number of para-hydroxylation sites is 1. The molecule has 2 heterocycles. The van der Waals surface area contributed by atoms with Crippen LogP contribution in [0.25, 0.3) is 22.2 Å². The van der Waals surface area contributed by atoms with Gasteiger partial charge in [-0.1, -0.05) is 30.3 Å². The molecule has 5 rings (SSSR count). The van der Waals surface area contributed by atoms with Crippen LogP contribution < -0.4 is 14.8 Å². The summed E-state index contributed by atoms with van der Waals surface area (Å²) in [4.78, 5) is 21.3. The summed E-state index contributed by atoms with van der Waals surface area (Å²) < 4.78 is 12.6. The fourth-order valence-corrected chi connectivity index (χ4v) is 4.41. The zero-order chi connectivity index (χ0) is 25.1. The van der Waals surface area contributed by atoms with Crippen LogP contribution in [0.1, 0.15) is 27.9 Å². The van der Waals surface area contributed by atoms with E-state index >= 15 is 0 Å². The first kappa shape index (κ1) is 23.2. The lowest BCUT2D eigenvalue weighted by Crippen LogP contribution is -2.32. The summed E-state index contributed by atoms with van der Waals surface area (Å²) in [6.07, 6.45) is 2.41. The number of ether oxygens (including phenoxy) is 2. The van der Waals surface area contributed by atoms with Crippen molar-refractivity contribution >= 4 is 16.8 Å². The molecule has 3 aromatic carbocycles. The molecule has 0 saturated carbocycles. The van der Waals surface area contributed by atoms with Crippen LogP contribution in [0.3, 0.4) is 0 Å². The zero-order valence-corrected chi connectivity index (χ0v) is 20.5. The van der Waals surface area contributed by atoms with E-state index in [0.717, 1.165) is 45.0 Å². The second-order valence-corrected chi connectivity index (χ2v) is 8.64. The van der Waals surface area contributed by atoms with Crippen LogP contribution >= 0.6 is 0 Å². The third kappa shape index (κ3) is 4.68. The topological polar surface area (TPSA) is 81.2 Å². The molecule has 182 valence electrons. The molecule has 0 spiro atoms. The summed E-state index contributed by atoms with van der Waals surface area (Å²) in [7, 11) is 5.27. The molecule has 0 aliphatic carbocycles. The fraction of sp³-hybridized carbons (Fsp3) is 0.172. The van der Waals surface area contributed by atoms with E-state index in [1.165, 1.54) is 0 Å². The molecular formula is C29H28N4O3. The summed E-state index contributed by atoms with van der Waals surface area (Å²) in [6, 6.07) is 25.1. The molecule has 2 aromatic heterocycles. The van der Waals surface area contributed by atoms with E-state index in [2.05, 4.69) is 10.3 Å². The number of carbonyl (C=O) groups excluding carboxylic acids is 1. The molecule has 7 heteroatoms. The number of benzene rings is 3. The van der Waals surface area contributed by atoms with Crippen LogP contribution in [0.2, 0.25) is 0 Å². The lowest BCUT2D eigenvalue weighted by atomic mass is 10.0. The summed E-state index contributed by atoms with van der Waals surface area (Å²) >= 11 is 0. The molecule has 0 aliphatic heterocycles. The number of nitrogens with zero attached hydrogens (tertiary/aromatic N) is 2. The van der Waals surface area contributed by atoms with Gasteiger partial charge in [0.15, 0.2) is 0 Å². The number of hydrogen-bond acceptors (Lipinski definition) is 4. The van der Waals surface area contributed by atoms with E-state index in [4.69, 9.17) is 14.5 Å². The van der Waals surface area contributed by atoms with E-state index in [1.54, 1.807) is 14.2 Å². The third-order valence-electron chi connectivity index (χ3n) is 6.40. The van der Waals surface area contributed by atoms with Crippen molar-refractivity contribution in [3.8, 4) is 22.8 Å². The van der Waals surface area contributed by atoms with Gasteiger partial charge in [-0.2, -0.15) is 0 Å². The van der Waals surface area contributed by atoms with Gasteiger partial charge in [0.2, 0.25) is 0 Å². The lowest BCUT2D eigenvalue weighted by Gasteiger charge is -2.19. The van der Waals surface area contributed by atoms with Gasteiger partial charge in [0.1, 0.15) is 23.0 Å². The SMILES string of the molecule is COc1ccc(CC(NC(=O)c2cc3ccccc3[nH]2)c2ncc(-c3ccc(OC)cc3)n2C)cc1. The minimum Gasteiger partial charge on any atom is -0.497 e. The van der Waals surface area contributed by atoms with Gasteiger partial charge in [0, 0.05) is 23.5 Å². The van der Waals surface area contributed by atoms with Gasteiger partial charge in [0.25, 0.3) is 5.91 Å². The first-order chi connectivity index (χ1) is 17.6. The Bertz CT molecular complexity index is 1450. The Morgan fingerprint density at radius 1 is 0.972 bits per heavy atom. The van der Waals surface area contributed by atoms with Gasteiger partial charge >= 0.3 is 0 Å². The van der Waals surface area contributed by atoms with Crippen LogP contribution in [0.15, 0.2) is 85.1 Å². The number of aromatic nitrogens is 3. The highest BCUT2D eigenvalue weighted by atomic mass is 16.5. The highest BCUT2D eigenvalue weighted by molar-refractivity contribution is 5.98. The van der Waals surface area contributed by atoms with Gasteiger partial charge in [-0.25, -0.2) is 4.98 Å². The van der Waals surface area contributed by atoms with Gasteiger partial charge in [-0.3, -0.25) is 4.79 Å². The number of carbonyl (C=O) groups is 1. The number of hydrogen-bond donors (Lipinski definition) is 2. The highest BCUT2D eigenvalue weighted by Gasteiger charge is 2.23. The predicted molar refractivity (Wildman–Crippen MR) is 140 cm³/mol. The van der Waals surface area contributed by atoms with Crippen molar-refractivity contribution in [3.05, 3.63) is 102 Å². The molecule has 7 nitrogen and oxygen atoms in total. The first-order valence-electron chi connectivity index (χ1n) is 11.7. The quantitative estimate of drug-likeness (QED) is 0.316. The maximum atomic E-state index is 13.3. The minimum absolute atomic E-state index is 0.182. The molecule has 1 unspecified atom stereocenters. The van der Waals surface area contributed by atoms with Crippen molar-refractivity contribution in [1.82, 2.24) is 19.9 Å². The van der Waals surface area contributed by atoms with Crippen molar-refractivity contribution in [1.29, 1.82) is 0 Å². The number of nitrogens with one attached hydrogen (secondary N) is 2. The van der Waals surface area contributed by atoms with Gasteiger partial charge in [0.05, 0.1) is 32.2 Å². The Balaban J connectivity index is 1.47. The lowest BCUT2D eigenvalue weighted by molar-refractivity contribution is 0.0930. The van der Waals surface area contributed by atoms with E-state index in [0.29, 0.717) is 12.1 Å². The van der Waals surface area contributed by atoms with Crippen LogP contribution in [-0.2, 0) is 13.5 Å². The van der Waals surface area contributed by atoms with Crippen LogP contribution in [-0.4, -0.2) is 34.7 Å². The fourth-order valence-electron chi connectivity index (χ4n) is 4.41. The summed E-state index contributed by atoms with van der Waals surface area (Å²) in [5.41, 5.74) is 4.47. The monoisotopic (exact) mass is 480 g/mol. The number of aromatic amines is 1. The maximum absolute atomic E-state index is 13.3. The van der Waals surface area contributed by atoms with Crippen LogP contribution in [0.5, 0.6) is 11.5 Å². The predicted octanol–water partition coefficient (Wildman–Crippen LogP) is 5.30. The molecule has 0 fully saturated rings. The molecule has 0 radical (unpaired) electrons. The van der Waals surface area contributed by atoms with Crippen molar-refractivity contribution in [2.45, 2.75) is 12.5 Å². The Labute approximate surface area is 209 Å². The Morgan fingerprint density at radius 2 is 1.64 bits per heavy atom. The summed E-state index contributed by atoms with van der Waals surface area (Å²) in [5, 5.41) is 4.20. The van der Waals surface area contributed by atoms with Crippen molar-refractivity contribution in [3.63, 3.8) is 0 Å². The third-order valence-corrected chi connectivity index (χ3v) is 6.40. The van der Waals surface area contributed by atoms with E-state index in [-0.39, 0.29) is 11.9 Å². The number of amides is 1. The first-order valence-corrected chi connectivity index (χ1v) is 11.7. The van der Waals surface area contributed by atoms with E-state index in [1.807, 2.05) is 96.7 Å². The molecule has 36 heavy (non-hydrogen) atoms. The average molecular weight is 481 g/mol. The summed E-state index contributed by atoms with van der Waals surface area (Å²) in [6.45, 7) is 0. The Kier molecular flexibility index (Phi) is 6.45. The molecule has 2 N–H and O–H groups in total. The van der Waals surface area contributed by atoms with Gasteiger partial charge < -0.3 is 24.3 Å². The molecule has 0 saturated heterocycles.